The van der Waals surface area contributed by atoms with Crippen LogP contribution in [0.4, 0.5) is 0 Å². The van der Waals surface area contributed by atoms with Crippen molar-refractivity contribution in [3.63, 3.8) is 0 Å². The van der Waals surface area contributed by atoms with Crippen LogP contribution in [-0.4, -0.2) is 0 Å². The van der Waals surface area contributed by atoms with E-state index in [1.165, 1.54) is 0 Å². The van der Waals surface area contributed by atoms with Crippen molar-refractivity contribution >= 4 is 43.3 Å². The minimum absolute atomic E-state index is 0.0141. The molecular formula is C44H28O. The third kappa shape index (κ3) is 4.09. The van der Waals surface area contributed by atoms with Crippen LogP contribution < -0.4 is 0 Å². The molecule has 0 N–H and O–H groups in total. The highest BCUT2D eigenvalue weighted by atomic mass is 16.3. The maximum atomic E-state index is 9.52. The Kier molecular flexibility index (Phi) is 3.62. The minimum Gasteiger partial charge on any atom is -0.455 e. The number of hydrogen-bond donors (Lipinski definition) is 0. The molecule has 0 atom stereocenters. The third-order valence-corrected chi connectivity index (χ3v) is 8.20. The lowest BCUT2D eigenvalue weighted by Crippen LogP contribution is -1.92. The van der Waals surface area contributed by atoms with E-state index in [0.29, 0.717) is 16.5 Å². The molecule has 0 amide bonds. The smallest absolute Gasteiger partial charge is 0.143 e. The molecule has 1 heteroatoms. The van der Waals surface area contributed by atoms with Crippen LogP contribution >= 0.6 is 0 Å². The lowest BCUT2D eigenvalue weighted by molar-refractivity contribution is 0.633. The number of hydrogen-bond acceptors (Lipinski definition) is 1. The van der Waals surface area contributed by atoms with Gasteiger partial charge in [-0.25, -0.2) is 0 Å². The first kappa shape index (κ1) is 15.7. The summed E-state index contributed by atoms with van der Waals surface area (Å²) in [6.07, 6.45) is 0. The molecule has 0 aliphatic carbocycles. The molecule has 0 unspecified atom stereocenters. The quantitative estimate of drug-likeness (QED) is 0.187. The largest absolute Gasteiger partial charge is 0.455 e. The molecule has 0 aliphatic heterocycles. The van der Waals surface area contributed by atoms with Gasteiger partial charge in [-0.1, -0.05) is 157 Å². The average Bonchev–Trinajstić information content (AvgIpc) is 3.62. The summed E-state index contributed by atoms with van der Waals surface area (Å²) < 4.78 is 123. The zero-order valence-corrected chi connectivity index (χ0v) is 23.6. The summed E-state index contributed by atoms with van der Waals surface area (Å²) in [6.45, 7) is 0. The third-order valence-electron chi connectivity index (χ3n) is 8.20. The van der Waals surface area contributed by atoms with E-state index in [2.05, 4.69) is 0 Å². The molecule has 8 aromatic carbocycles. The summed E-state index contributed by atoms with van der Waals surface area (Å²) >= 11 is 0. The highest BCUT2D eigenvalue weighted by molar-refractivity contribution is 6.25. The predicted octanol–water partition coefficient (Wildman–Crippen LogP) is 12.6. The second-order valence-corrected chi connectivity index (χ2v) is 10.7. The van der Waals surface area contributed by atoms with Crippen LogP contribution in [0.3, 0.4) is 0 Å². The Labute approximate surface area is 279 Å². The number of fused-ring (bicyclic) bond motifs is 4. The van der Waals surface area contributed by atoms with Crippen molar-refractivity contribution in [2.24, 2.45) is 0 Å². The number of furan rings is 1. The van der Waals surface area contributed by atoms with E-state index in [1.54, 1.807) is 48.5 Å². The Bertz CT molecular complexity index is 3150. The van der Waals surface area contributed by atoms with E-state index >= 15 is 0 Å². The molecular weight excluding hydrogens is 544 g/mol. The van der Waals surface area contributed by atoms with Gasteiger partial charge < -0.3 is 4.42 Å². The maximum Gasteiger partial charge on any atom is 0.143 e. The first-order valence-electron chi connectivity index (χ1n) is 20.9. The van der Waals surface area contributed by atoms with E-state index < -0.39 is 78.6 Å². The average molecular weight is 586 g/mol. The van der Waals surface area contributed by atoms with Crippen LogP contribution in [0.25, 0.3) is 88.0 Å². The Morgan fingerprint density at radius 2 is 1.02 bits per heavy atom. The highest BCUT2D eigenvalue weighted by Gasteiger charge is 2.25. The zero-order valence-electron chi connectivity index (χ0n) is 36.6. The van der Waals surface area contributed by atoms with Gasteiger partial charge in [-0.2, -0.15) is 0 Å². The lowest BCUT2D eigenvalue weighted by Gasteiger charge is -2.18. The first-order chi connectivity index (χ1) is 27.7. The van der Waals surface area contributed by atoms with Crippen LogP contribution in [0.2, 0.25) is 0 Å². The van der Waals surface area contributed by atoms with Crippen molar-refractivity contribution in [3.8, 4) is 44.7 Å². The molecule has 0 fully saturated rings. The normalized spacial score (nSPS) is 15.6. The molecule has 0 radical (unpaired) electrons. The van der Waals surface area contributed by atoms with Crippen LogP contribution in [0.1, 0.15) is 17.8 Å². The van der Waals surface area contributed by atoms with E-state index in [1.807, 2.05) is 42.5 Å². The topological polar surface area (TPSA) is 13.1 Å². The number of benzene rings is 8. The molecule has 0 saturated carbocycles. The van der Waals surface area contributed by atoms with Crippen molar-refractivity contribution in [2.75, 3.05) is 0 Å². The second-order valence-electron chi connectivity index (χ2n) is 10.7. The summed E-state index contributed by atoms with van der Waals surface area (Å²) in [4.78, 5) is 0. The molecule has 0 aliphatic rings. The summed E-state index contributed by atoms with van der Waals surface area (Å²) in [5, 5.41) is 1.95. The van der Waals surface area contributed by atoms with Crippen molar-refractivity contribution < 1.29 is 22.2 Å². The molecule has 1 heterocycles. The highest BCUT2D eigenvalue weighted by Crippen LogP contribution is 2.50. The molecule has 1 aromatic heterocycles. The molecule has 9 rings (SSSR count). The minimum atomic E-state index is -0.558. The van der Waals surface area contributed by atoms with Gasteiger partial charge in [0.15, 0.2) is 0 Å². The van der Waals surface area contributed by atoms with Gasteiger partial charge in [0, 0.05) is 22.1 Å². The Hall–Kier alpha value is -5.92. The van der Waals surface area contributed by atoms with Crippen molar-refractivity contribution in [2.45, 2.75) is 0 Å². The van der Waals surface area contributed by atoms with Gasteiger partial charge in [0.05, 0.1) is 17.8 Å². The molecule has 0 bridgehead atoms. The second kappa shape index (κ2) is 10.4. The van der Waals surface area contributed by atoms with Crippen molar-refractivity contribution in [1.29, 1.82) is 0 Å². The van der Waals surface area contributed by atoms with E-state index in [4.69, 9.17) is 16.8 Å². The van der Waals surface area contributed by atoms with Crippen molar-refractivity contribution in [3.05, 3.63) is 170 Å². The van der Waals surface area contributed by atoms with E-state index in [9.17, 15) is 5.48 Å². The van der Waals surface area contributed by atoms with Gasteiger partial charge in [0.25, 0.3) is 0 Å². The first-order valence-corrected chi connectivity index (χ1v) is 14.4. The van der Waals surface area contributed by atoms with E-state index in [0.717, 1.165) is 10.8 Å². The zero-order chi connectivity index (χ0) is 41.1. The molecule has 45 heavy (non-hydrogen) atoms. The van der Waals surface area contributed by atoms with Gasteiger partial charge in [-0.05, 0) is 66.7 Å². The number of rotatable bonds is 4. The van der Waals surface area contributed by atoms with E-state index in [-0.39, 0.29) is 60.7 Å². The maximum absolute atomic E-state index is 9.52. The summed E-state index contributed by atoms with van der Waals surface area (Å²) in [7, 11) is 0. The Balaban J connectivity index is 1.60. The molecule has 210 valence electrons. The summed E-state index contributed by atoms with van der Waals surface area (Å²) in [6, 6.07) is 20.2. The fraction of sp³-hybridized carbons (Fsp3) is 0. The van der Waals surface area contributed by atoms with Gasteiger partial charge in [-0.15, -0.1) is 0 Å². The van der Waals surface area contributed by atoms with Crippen LogP contribution in [0, 0.1) is 0 Å². The molecule has 9 aromatic rings. The summed E-state index contributed by atoms with van der Waals surface area (Å²) in [5.74, 6) is 0.222. The van der Waals surface area contributed by atoms with Gasteiger partial charge >= 0.3 is 0 Å². The molecule has 0 saturated heterocycles. The van der Waals surface area contributed by atoms with Gasteiger partial charge in [0.1, 0.15) is 11.3 Å². The molecule has 0 spiro atoms. The van der Waals surface area contributed by atoms with Gasteiger partial charge in [0.2, 0.25) is 0 Å². The van der Waals surface area contributed by atoms with Crippen LogP contribution in [0.15, 0.2) is 174 Å². The van der Waals surface area contributed by atoms with Crippen LogP contribution in [0.5, 0.6) is 0 Å². The van der Waals surface area contributed by atoms with Gasteiger partial charge in [-0.3, -0.25) is 0 Å². The lowest BCUT2D eigenvalue weighted by atomic mass is 9.84. The summed E-state index contributed by atoms with van der Waals surface area (Å²) in [5.41, 5.74) is 1.95. The molecule has 1 nitrogen and oxygen atoms in total. The SMILES string of the molecule is [2H]c1c([2H])c([2H])c(-c2ccc3oc(-c4cccc5ccccc45)c(-c4c5c([2H])c([2H])c([2H])c([2H])c5c(-c5ccccc5)c5c([2H])c([2H])c([2H])c([2H])c45)c3c2)c([2H])c1[2H]. The monoisotopic (exact) mass is 585 g/mol. The Morgan fingerprint density at radius 1 is 0.400 bits per heavy atom. The van der Waals surface area contributed by atoms with Crippen LogP contribution in [-0.2, 0) is 0 Å². The standard InChI is InChI=1S/C44H28O/c1-3-14-29(15-4-1)32-26-27-40-39(28-32)43(44(45-40)38-25-13-19-30-16-7-8-20-33(30)38)42-36-23-11-9-21-34(36)41(31-17-5-2-6-18-31)35-22-10-12-24-37(35)42/h1-28H/i1D,3D,4D,9D,10D,11D,12D,14D,15D,21D,22D,23D,24D. The van der Waals surface area contributed by atoms with Crippen molar-refractivity contribution in [1.82, 2.24) is 0 Å². The fourth-order valence-electron chi connectivity index (χ4n) is 6.28. The predicted molar refractivity (Wildman–Crippen MR) is 190 cm³/mol. The fourth-order valence-corrected chi connectivity index (χ4v) is 6.28. The Morgan fingerprint density at radius 3 is 1.76 bits per heavy atom.